The van der Waals surface area contributed by atoms with Crippen molar-refractivity contribution in [3.8, 4) is 5.75 Å². The number of hydrogen-bond donors (Lipinski definition) is 1. The molecule has 1 N–H and O–H groups in total. The molecule has 23 heavy (non-hydrogen) atoms. The van der Waals surface area contributed by atoms with E-state index in [1.165, 1.54) is 0 Å². The molecule has 0 saturated carbocycles. The Morgan fingerprint density at radius 3 is 2.57 bits per heavy atom. The highest BCUT2D eigenvalue weighted by atomic mass is 79.9. The lowest BCUT2D eigenvalue weighted by atomic mass is 9.96. The summed E-state index contributed by atoms with van der Waals surface area (Å²) in [7, 11) is 1.98. The molecule has 1 heterocycles. The molecule has 1 amide bonds. The van der Waals surface area contributed by atoms with Gasteiger partial charge in [0.05, 0.1) is 6.10 Å². The van der Waals surface area contributed by atoms with Crippen LogP contribution in [0.1, 0.15) is 37.0 Å². The quantitative estimate of drug-likeness (QED) is 0.811. The van der Waals surface area contributed by atoms with Gasteiger partial charge in [-0.05, 0) is 64.4 Å². The lowest BCUT2D eigenvalue weighted by Gasteiger charge is -2.32. The first-order valence-corrected chi connectivity index (χ1v) is 8.70. The minimum atomic E-state index is 0. The fourth-order valence-corrected chi connectivity index (χ4v) is 3.31. The second-order valence-corrected chi connectivity index (χ2v) is 7.05. The Labute approximate surface area is 153 Å². The molecule has 1 aliphatic heterocycles. The molecule has 6 heteroatoms. The van der Waals surface area contributed by atoms with Crippen molar-refractivity contribution < 1.29 is 9.53 Å². The van der Waals surface area contributed by atoms with E-state index in [1.807, 2.05) is 44.0 Å². The normalized spacial score (nSPS) is 15.4. The Kier molecular flexibility index (Phi) is 8.37. The summed E-state index contributed by atoms with van der Waals surface area (Å²) in [5.41, 5.74) is 0.692. The molecule has 4 nitrogen and oxygen atoms in total. The molecule has 0 bridgehead atoms. The van der Waals surface area contributed by atoms with Gasteiger partial charge in [0.25, 0.3) is 5.91 Å². The third-order valence-corrected chi connectivity index (χ3v) is 4.34. The van der Waals surface area contributed by atoms with Gasteiger partial charge in [-0.3, -0.25) is 4.79 Å². The number of amides is 1. The number of nitrogens with zero attached hydrogens (tertiary/aromatic N) is 1. The van der Waals surface area contributed by atoms with E-state index in [0.717, 1.165) is 42.7 Å². The zero-order valence-corrected chi connectivity index (χ0v) is 16.4. The third kappa shape index (κ3) is 5.98. The molecule has 1 fully saturated rings. The zero-order valence-electron chi connectivity index (χ0n) is 14.0. The second kappa shape index (κ2) is 9.50. The van der Waals surface area contributed by atoms with Crippen LogP contribution in [-0.4, -0.2) is 43.6 Å². The summed E-state index contributed by atoms with van der Waals surface area (Å²) < 4.78 is 6.59. The molecular weight excluding hydrogens is 380 g/mol. The van der Waals surface area contributed by atoms with Gasteiger partial charge < -0.3 is 15.0 Å². The van der Waals surface area contributed by atoms with Gasteiger partial charge >= 0.3 is 0 Å². The number of rotatable bonds is 5. The van der Waals surface area contributed by atoms with Crippen molar-refractivity contribution in [2.45, 2.75) is 32.8 Å². The van der Waals surface area contributed by atoms with E-state index in [-0.39, 0.29) is 24.4 Å². The van der Waals surface area contributed by atoms with E-state index >= 15 is 0 Å². The average molecular weight is 406 g/mol. The van der Waals surface area contributed by atoms with Crippen molar-refractivity contribution in [1.82, 2.24) is 10.2 Å². The van der Waals surface area contributed by atoms with E-state index in [2.05, 4.69) is 21.2 Å². The van der Waals surface area contributed by atoms with Crippen molar-refractivity contribution in [1.29, 1.82) is 0 Å². The van der Waals surface area contributed by atoms with Crippen LogP contribution < -0.4 is 10.1 Å². The third-order valence-electron chi connectivity index (χ3n) is 3.88. The largest absolute Gasteiger partial charge is 0.491 e. The topological polar surface area (TPSA) is 41.6 Å². The maximum atomic E-state index is 12.7. The molecule has 0 unspecified atom stereocenters. The van der Waals surface area contributed by atoms with Crippen LogP contribution in [0.2, 0.25) is 0 Å². The van der Waals surface area contributed by atoms with Crippen LogP contribution in [0.3, 0.4) is 0 Å². The van der Waals surface area contributed by atoms with Crippen molar-refractivity contribution >= 4 is 34.2 Å². The Hall–Kier alpha value is -0.780. The minimum Gasteiger partial charge on any atom is -0.491 e. The van der Waals surface area contributed by atoms with E-state index in [9.17, 15) is 4.79 Å². The number of ether oxygens (including phenoxy) is 1. The second-order valence-electron chi connectivity index (χ2n) is 6.14. The summed E-state index contributed by atoms with van der Waals surface area (Å²) in [4.78, 5) is 14.6. The SMILES string of the molecule is CNCC1CCN(C(=O)c2cc(Br)cc(OC(C)C)c2)CC1.Cl. The van der Waals surface area contributed by atoms with Crippen LogP contribution in [0.4, 0.5) is 0 Å². The van der Waals surface area contributed by atoms with Crippen LogP contribution in [-0.2, 0) is 0 Å². The van der Waals surface area contributed by atoms with Crippen LogP contribution in [0.15, 0.2) is 22.7 Å². The number of halogens is 2. The molecule has 1 aromatic rings. The molecule has 0 atom stereocenters. The van der Waals surface area contributed by atoms with Gasteiger partial charge in [0.2, 0.25) is 0 Å². The highest BCUT2D eigenvalue weighted by Gasteiger charge is 2.23. The number of likely N-dealkylation sites (tertiary alicyclic amines) is 1. The first-order valence-electron chi connectivity index (χ1n) is 7.90. The number of benzene rings is 1. The van der Waals surface area contributed by atoms with Crippen LogP contribution in [0, 0.1) is 5.92 Å². The summed E-state index contributed by atoms with van der Waals surface area (Å²) in [6, 6.07) is 5.61. The van der Waals surface area contributed by atoms with Gasteiger partial charge in [-0.15, -0.1) is 12.4 Å². The smallest absolute Gasteiger partial charge is 0.254 e. The molecular formula is C17H26BrClN2O2. The summed E-state index contributed by atoms with van der Waals surface area (Å²) in [5.74, 6) is 1.51. The van der Waals surface area contributed by atoms with E-state index in [4.69, 9.17) is 4.74 Å². The summed E-state index contributed by atoms with van der Waals surface area (Å²) in [6.45, 7) is 6.66. The highest BCUT2D eigenvalue weighted by Crippen LogP contribution is 2.25. The molecule has 0 radical (unpaired) electrons. The standard InChI is InChI=1S/C17H25BrN2O2.ClH/c1-12(2)22-16-9-14(8-15(18)10-16)17(21)20-6-4-13(5-7-20)11-19-3;/h8-10,12-13,19H,4-7,11H2,1-3H3;1H. The van der Waals surface area contributed by atoms with Gasteiger partial charge in [-0.2, -0.15) is 0 Å². The minimum absolute atomic E-state index is 0. The van der Waals surface area contributed by atoms with Crippen molar-refractivity contribution in [3.63, 3.8) is 0 Å². The van der Waals surface area contributed by atoms with Crippen molar-refractivity contribution in [2.75, 3.05) is 26.7 Å². The monoisotopic (exact) mass is 404 g/mol. The summed E-state index contributed by atoms with van der Waals surface area (Å²) >= 11 is 3.47. The Morgan fingerprint density at radius 1 is 1.35 bits per heavy atom. The lowest BCUT2D eigenvalue weighted by molar-refractivity contribution is 0.0690. The van der Waals surface area contributed by atoms with E-state index in [0.29, 0.717) is 11.5 Å². The molecule has 1 aromatic carbocycles. The Bertz CT molecular complexity index is 517. The molecule has 130 valence electrons. The molecule has 1 aliphatic rings. The highest BCUT2D eigenvalue weighted by molar-refractivity contribution is 9.10. The van der Waals surface area contributed by atoms with E-state index < -0.39 is 0 Å². The van der Waals surface area contributed by atoms with Crippen LogP contribution in [0.5, 0.6) is 5.75 Å². The van der Waals surface area contributed by atoms with Gasteiger partial charge in [-0.1, -0.05) is 15.9 Å². The van der Waals surface area contributed by atoms with Crippen molar-refractivity contribution in [2.24, 2.45) is 5.92 Å². The predicted molar refractivity (Wildman–Crippen MR) is 99.7 cm³/mol. The summed E-state index contributed by atoms with van der Waals surface area (Å²) in [5, 5.41) is 3.22. The maximum Gasteiger partial charge on any atom is 0.254 e. The Morgan fingerprint density at radius 2 is 2.00 bits per heavy atom. The molecule has 0 spiro atoms. The predicted octanol–water partition coefficient (Wildman–Crippen LogP) is 3.73. The fourth-order valence-electron chi connectivity index (χ4n) is 2.84. The number of carbonyl (C=O) groups excluding carboxylic acids is 1. The van der Waals surface area contributed by atoms with Gasteiger partial charge in [0.15, 0.2) is 0 Å². The summed E-state index contributed by atoms with van der Waals surface area (Å²) in [6.07, 6.45) is 2.22. The average Bonchev–Trinajstić information content (AvgIpc) is 2.46. The maximum absolute atomic E-state index is 12.7. The first-order chi connectivity index (χ1) is 10.5. The number of hydrogen-bond acceptors (Lipinski definition) is 3. The van der Waals surface area contributed by atoms with Gasteiger partial charge in [0, 0.05) is 23.1 Å². The van der Waals surface area contributed by atoms with Gasteiger partial charge in [0.1, 0.15) is 5.75 Å². The molecule has 2 rings (SSSR count). The first kappa shape index (κ1) is 20.3. The molecule has 1 saturated heterocycles. The van der Waals surface area contributed by atoms with Crippen LogP contribution in [0.25, 0.3) is 0 Å². The molecule has 0 aromatic heterocycles. The fraction of sp³-hybridized carbons (Fsp3) is 0.588. The van der Waals surface area contributed by atoms with E-state index in [1.54, 1.807) is 0 Å². The Balaban J connectivity index is 0.00000264. The zero-order chi connectivity index (χ0) is 16.1. The molecule has 0 aliphatic carbocycles. The number of piperidine rings is 1. The van der Waals surface area contributed by atoms with Gasteiger partial charge in [-0.25, -0.2) is 0 Å². The van der Waals surface area contributed by atoms with Crippen LogP contribution >= 0.6 is 28.3 Å². The van der Waals surface area contributed by atoms with Crippen molar-refractivity contribution in [3.05, 3.63) is 28.2 Å². The number of carbonyl (C=O) groups is 1. The lowest BCUT2D eigenvalue weighted by Crippen LogP contribution is -2.40. The number of nitrogens with one attached hydrogen (secondary N) is 1.